The predicted molar refractivity (Wildman–Crippen MR) is 100 cm³/mol. The zero-order valence-electron chi connectivity index (χ0n) is 12.4. The lowest BCUT2D eigenvalue weighted by Crippen LogP contribution is -2.34. The van der Waals surface area contributed by atoms with Crippen molar-refractivity contribution in [3.05, 3.63) is 56.5 Å². The summed E-state index contributed by atoms with van der Waals surface area (Å²) in [6.07, 6.45) is 0. The second kappa shape index (κ2) is 7.29. The maximum Gasteiger partial charge on any atom is 0.257 e. The van der Waals surface area contributed by atoms with E-state index >= 15 is 0 Å². The van der Waals surface area contributed by atoms with E-state index in [0.29, 0.717) is 26.3 Å². The van der Waals surface area contributed by atoms with Crippen LogP contribution < -0.4 is 10.6 Å². The zero-order valence-corrected chi connectivity index (χ0v) is 15.6. The number of aromatic hydroxyl groups is 1. The summed E-state index contributed by atoms with van der Waals surface area (Å²) in [4.78, 5) is 12.2. The van der Waals surface area contributed by atoms with Crippen LogP contribution in [0.25, 0.3) is 0 Å². The average Bonchev–Trinajstić information content (AvgIpc) is 2.47. The SMILES string of the molecule is Cc1ccc(C(=O)NC(=S)Nc2cc(C)c(O)c(Br)c2)cc1Cl. The van der Waals surface area contributed by atoms with Crippen molar-refractivity contribution in [3.63, 3.8) is 0 Å². The van der Waals surface area contributed by atoms with E-state index in [0.717, 1.165) is 5.56 Å². The van der Waals surface area contributed by atoms with Gasteiger partial charge >= 0.3 is 0 Å². The molecule has 0 saturated heterocycles. The van der Waals surface area contributed by atoms with E-state index in [4.69, 9.17) is 23.8 Å². The number of amides is 1. The molecule has 0 unspecified atom stereocenters. The molecule has 23 heavy (non-hydrogen) atoms. The van der Waals surface area contributed by atoms with Gasteiger partial charge in [0, 0.05) is 16.3 Å². The molecule has 120 valence electrons. The Morgan fingerprint density at radius 3 is 2.52 bits per heavy atom. The van der Waals surface area contributed by atoms with Gasteiger partial charge in [-0.25, -0.2) is 0 Å². The van der Waals surface area contributed by atoms with Crippen molar-refractivity contribution < 1.29 is 9.90 Å². The number of benzene rings is 2. The van der Waals surface area contributed by atoms with Crippen molar-refractivity contribution in [2.75, 3.05) is 5.32 Å². The molecule has 0 atom stereocenters. The van der Waals surface area contributed by atoms with E-state index in [2.05, 4.69) is 26.6 Å². The minimum absolute atomic E-state index is 0.156. The molecule has 1 amide bonds. The summed E-state index contributed by atoms with van der Waals surface area (Å²) in [5.41, 5.74) is 2.65. The highest BCUT2D eigenvalue weighted by atomic mass is 79.9. The Labute approximate surface area is 153 Å². The van der Waals surface area contributed by atoms with Gasteiger partial charge in [0.25, 0.3) is 5.91 Å². The van der Waals surface area contributed by atoms with Gasteiger partial charge in [-0.2, -0.15) is 0 Å². The normalized spacial score (nSPS) is 10.3. The summed E-state index contributed by atoms with van der Waals surface area (Å²) in [5.74, 6) is -0.182. The molecule has 2 rings (SSSR count). The fraction of sp³-hybridized carbons (Fsp3) is 0.125. The first-order valence-corrected chi connectivity index (χ1v) is 8.23. The van der Waals surface area contributed by atoms with Gasteiger partial charge in [-0.05, 0) is 77.4 Å². The molecular weight excluding hydrogens is 400 g/mol. The summed E-state index contributed by atoms with van der Waals surface area (Å²) in [7, 11) is 0. The standard InChI is InChI=1S/C16H14BrClN2O2S/c1-8-3-4-10(6-13(8)18)15(22)20-16(23)19-11-5-9(2)14(21)12(17)7-11/h3-7,21H,1-2H3,(H2,19,20,22,23). The molecule has 0 aromatic heterocycles. The molecular formula is C16H14BrClN2O2S. The van der Waals surface area contributed by atoms with Gasteiger partial charge in [0.15, 0.2) is 5.11 Å². The maximum absolute atomic E-state index is 12.2. The van der Waals surface area contributed by atoms with E-state index in [1.807, 2.05) is 6.92 Å². The van der Waals surface area contributed by atoms with Crippen molar-refractivity contribution >= 4 is 56.5 Å². The second-order valence-corrected chi connectivity index (χ2v) is 6.67. The van der Waals surface area contributed by atoms with E-state index in [-0.39, 0.29) is 16.8 Å². The Hall–Kier alpha value is -1.63. The van der Waals surface area contributed by atoms with Crippen LogP contribution in [-0.2, 0) is 0 Å². The lowest BCUT2D eigenvalue weighted by Gasteiger charge is -2.12. The first kappa shape index (κ1) is 17.7. The van der Waals surface area contributed by atoms with Crippen LogP contribution in [0.3, 0.4) is 0 Å². The van der Waals surface area contributed by atoms with Crippen molar-refractivity contribution in [1.29, 1.82) is 0 Å². The number of anilines is 1. The van der Waals surface area contributed by atoms with Crippen LogP contribution in [0.2, 0.25) is 5.02 Å². The van der Waals surface area contributed by atoms with Crippen LogP contribution >= 0.6 is 39.7 Å². The van der Waals surface area contributed by atoms with Gasteiger partial charge in [-0.15, -0.1) is 0 Å². The predicted octanol–water partition coefficient (Wildman–Crippen LogP) is 4.55. The number of rotatable bonds is 2. The van der Waals surface area contributed by atoms with Crippen molar-refractivity contribution in [1.82, 2.24) is 5.32 Å². The highest BCUT2D eigenvalue weighted by Crippen LogP contribution is 2.30. The van der Waals surface area contributed by atoms with Crippen LogP contribution in [-0.4, -0.2) is 16.1 Å². The van der Waals surface area contributed by atoms with Crippen molar-refractivity contribution in [2.45, 2.75) is 13.8 Å². The third-order valence-corrected chi connectivity index (χ3v) is 4.39. The first-order chi connectivity index (χ1) is 10.8. The van der Waals surface area contributed by atoms with E-state index in [1.54, 1.807) is 37.3 Å². The number of carbonyl (C=O) groups excluding carboxylic acids is 1. The minimum Gasteiger partial charge on any atom is -0.506 e. The molecule has 0 bridgehead atoms. The molecule has 0 saturated carbocycles. The van der Waals surface area contributed by atoms with Crippen molar-refractivity contribution in [3.8, 4) is 5.75 Å². The van der Waals surface area contributed by atoms with Crippen LogP contribution in [0.4, 0.5) is 5.69 Å². The van der Waals surface area contributed by atoms with Crippen LogP contribution in [0.1, 0.15) is 21.5 Å². The zero-order chi connectivity index (χ0) is 17.1. The number of aryl methyl sites for hydroxylation is 2. The quantitative estimate of drug-likeness (QED) is 0.499. The molecule has 3 N–H and O–H groups in total. The summed E-state index contributed by atoms with van der Waals surface area (Å²) in [6.45, 7) is 3.63. The summed E-state index contributed by atoms with van der Waals surface area (Å²) >= 11 is 14.4. The number of halogens is 2. The topological polar surface area (TPSA) is 61.4 Å². The molecule has 0 aliphatic rings. The Balaban J connectivity index is 2.07. The van der Waals surface area contributed by atoms with Gasteiger partial charge in [-0.1, -0.05) is 17.7 Å². The number of hydrogen-bond donors (Lipinski definition) is 3. The summed E-state index contributed by atoms with van der Waals surface area (Å²) in [5, 5.41) is 15.9. The Morgan fingerprint density at radius 1 is 1.22 bits per heavy atom. The lowest BCUT2D eigenvalue weighted by atomic mass is 10.1. The molecule has 0 aliphatic carbocycles. The summed E-state index contributed by atoms with van der Waals surface area (Å²) < 4.78 is 0.541. The monoisotopic (exact) mass is 412 g/mol. The lowest BCUT2D eigenvalue weighted by molar-refractivity contribution is 0.0977. The highest BCUT2D eigenvalue weighted by Gasteiger charge is 2.11. The van der Waals surface area contributed by atoms with Crippen molar-refractivity contribution in [2.24, 2.45) is 0 Å². The number of hydrogen-bond acceptors (Lipinski definition) is 3. The van der Waals surface area contributed by atoms with Gasteiger partial charge in [0.2, 0.25) is 0 Å². The second-order valence-electron chi connectivity index (χ2n) is 5.00. The molecule has 2 aromatic rings. The van der Waals surface area contributed by atoms with Crippen LogP contribution in [0.5, 0.6) is 5.75 Å². The van der Waals surface area contributed by atoms with Crippen LogP contribution in [0.15, 0.2) is 34.8 Å². The fourth-order valence-corrected chi connectivity index (χ4v) is 2.83. The Bertz CT molecular complexity index is 773. The van der Waals surface area contributed by atoms with E-state index in [9.17, 15) is 9.90 Å². The molecule has 0 aliphatic heterocycles. The largest absolute Gasteiger partial charge is 0.506 e. The molecule has 0 fully saturated rings. The first-order valence-electron chi connectivity index (χ1n) is 6.65. The number of carbonyl (C=O) groups is 1. The van der Waals surface area contributed by atoms with Gasteiger partial charge in [0.05, 0.1) is 4.47 Å². The Morgan fingerprint density at radius 2 is 1.91 bits per heavy atom. The van der Waals surface area contributed by atoms with Gasteiger partial charge in [0.1, 0.15) is 5.75 Å². The maximum atomic E-state index is 12.2. The van der Waals surface area contributed by atoms with E-state index in [1.165, 1.54) is 0 Å². The Kier molecular flexibility index (Phi) is 5.62. The molecule has 0 radical (unpaired) electrons. The highest BCUT2D eigenvalue weighted by molar-refractivity contribution is 9.10. The number of nitrogens with one attached hydrogen (secondary N) is 2. The molecule has 0 heterocycles. The molecule has 2 aromatic carbocycles. The third-order valence-electron chi connectivity index (χ3n) is 3.17. The molecule has 0 spiro atoms. The van der Waals surface area contributed by atoms with Gasteiger partial charge < -0.3 is 10.4 Å². The number of thiocarbonyl (C=S) groups is 1. The molecule has 4 nitrogen and oxygen atoms in total. The number of phenolic OH excluding ortho intramolecular Hbond substituents is 1. The van der Waals surface area contributed by atoms with Gasteiger partial charge in [-0.3, -0.25) is 10.1 Å². The number of phenols is 1. The third kappa shape index (κ3) is 4.43. The average molecular weight is 414 g/mol. The smallest absolute Gasteiger partial charge is 0.257 e. The fourth-order valence-electron chi connectivity index (χ4n) is 1.88. The van der Waals surface area contributed by atoms with E-state index < -0.39 is 0 Å². The minimum atomic E-state index is -0.348. The molecule has 7 heteroatoms. The van der Waals surface area contributed by atoms with Crippen LogP contribution in [0, 0.1) is 13.8 Å². The summed E-state index contributed by atoms with van der Waals surface area (Å²) in [6, 6.07) is 8.44.